The van der Waals surface area contributed by atoms with Crippen molar-refractivity contribution in [2.75, 3.05) is 5.32 Å². The Labute approximate surface area is 124 Å². The highest BCUT2D eigenvalue weighted by molar-refractivity contribution is 6.06. The highest BCUT2D eigenvalue weighted by atomic mass is 16.1. The number of aromatic nitrogens is 1. The first kappa shape index (κ1) is 13.4. The average Bonchev–Trinajstić information content (AvgIpc) is 2.75. The first-order valence-electron chi connectivity index (χ1n) is 6.99. The summed E-state index contributed by atoms with van der Waals surface area (Å²) in [6.45, 7) is 4.06. The van der Waals surface area contributed by atoms with Crippen LogP contribution in [-0.2, 0) is 7.05 Å². The molecule has 1 amide bonds. The Bertz CT molecular complexity index is 830. The lowest BCUT2D eigenvalue weighted by Gasteiger charge is -2.07. The average molecular weight is 278 g/mol. The summed E-state index contributed by atoms with van der Waals surface area (Å²) >= 11 is 0. The molecule has 0 aliphatic rings. The van der Waals surface area contributed by atoms with Crippen LogP contribution in [0.5, 0.6) is 0 Å². The van der Waals surface area contributed by atoms with Crippen molar-refractivity contribution in [3.05, 3.63) is 65.4 Å². The fourth-order valence-corrected chi connectivity index (χ4v) is 2.60. The molecule has 1 heterocycles. The lowest BCUT2D eigenvalue weighted by molar-refractivity contribution is 0.102. The van der Waals surface area contributed by atoms with Crippen molar-refractivity contribution < 1.29 is 4.79 Å². The van der Waals surface area contributed by atoms with Crippen LogP contribution in [-0.4, -0.2) is 10.5 Å². The fourth-order valence-electron chi connectivity index (χ4n) is 2.60. The molecule has 3 nitrogen and oxygen atoms in total. The van der Waals surface area contributed by atoms with Crippen LogP contribution in [0, 0.1) is 13.8 Å². The molecule has 0 aliphatic heterocycles. The lowest BCUT2D eigenvalue weighted by atomic mass is 10.2. The Morgan fingerprint density at radius 3 is 2.52 bits per heavy atom. The van der Waals surface area contributed by atoms with E-state index in [1.54, 1.807) is 0 Å². The molecular formula is C18H18N2O. The Balaban J connectivity index is 1.96. The Morgan fingerprint density at radius 2 is 1.76 bits per heavy atom. The molecule has 1 N–H and O–H groups in total. The molecular weight excluding hydrogens is 260 g/mol. The van der Waals surface area contributed by atoms with Gasteiger partial charge in [0.05, 0.1) is 0 Å². The van der Waals surface area contributed by atoms with Gasteiger partial charge in [0.1, 0.15) is 5.69 Å². The molecule has 0 aliphatic carbocycles. The summed E-state index contributed by atoms with van der Waals surface area (Å²) < 4.78 is 1.93. The van der Waals surface area contributed by atoms with Crippen molar-refractivity contribution in [2.24, 2.45) is 7.05 Å². The molecule has 21 heavy (non-hydrogen) atoms. The molecule has 0 unspecified atom stereocenters. The van der Waals surface area contributed by atoms with Gasteiger partial charge in [-0.25, -0.2) is 0 Å². The number of hydrogen-bond acceptors (Lipinski definition) is 1. The molecule has 3 rings (SSSR count). The van der Waals surface area contributed by atoms with Gasteiger partial charge >= 0.3 is 0 Å². The van der Waals surface area contributed by atoms with Crippen LogP contribution < -0.4 is 5.32 Å². The molecule has 0 atom stereocenters. The van der Waals surface area contributed by atoms with Crippen LogP contribution in [0.15, 0.2) is 48.5 Å². The van der Waals surface area contributed by atoms with E-state index < -0.39 is 0 Å². The largest absolute Gasteiger partial charge is 0.340 e. The van der Waals surface area contributed by atoms with Crippen molar-refractivity contribution >= 4 is 22.5 Å². The minimum Gasteiger partial charge on any atom is -0.340 e. The van der Waals surface area contributed by atoms with Gasteiger partial charge in [-0.2, -0.15) is 0 Å². The van der Waals surface area contributed by atoms with Gasteiger partial charge in [0.15, 0.2) is 0 Å². The van der Waals surface area contributed by atoms with Gasteiger partial charge in [0.25, 0.3) is 5.91 Å². The molecule has 2 aromatic carbocycles. The number of amides is 1. The van der Waals surface area contributed by atoms with E-state index in [2.05, 4.69) is 24.4 Å². The number of carbonyl (C=O) groups is 1. The third kappa shape index (κ3) is 2.55. The van der Waals surface area contributed by atoms with Crippen molar-refractivity contribution in [2.45, 2.75) is 13.8 Å². The summed E-state index contributed by atoms with van der Waals surface area (Å²) in [4.78, 5) is 12.5. The van der Waals surface area contributed by atoms with Gasteiger partial charge in [-0.1, -0.05) is 23.8 Å². The van der Waals surface area contributed by atoms with Crippen LogP contribution in [0.3, 0.4) is 0 Å². The van der Waals surface area contributed by atoms with Gasteiger partial charge in [-0.05, 0) is 49.7 Å². The maximum atomic E-state index is 12.5. The van der Waals surface area contributed by atoms with Crippen molar-refractivity contribution in [3.8, 4) is 0 Å². The molecule has 0 saturated carbocycles. The predicted molar refractivity (Wildman–Crippen MR) is 86.8 cm³/mol. The second-order valence-corrected chi connectivity index (χ2v) is 5.47. The topological polar surface area (TPSA) is 34.0 Å². The van der Waals surface area contributed by atoms with E-state index in [1.165, 1.54) is 5.56 Å². The van der Waals surface area contributed by atoms with Crippen LogP contribution in [0.1, 0.15) is 21.6 Å². The molecule has 106 valence electrons. The summed E-state index contributed by atoms with van der Waals surface area (Å²) in [5.41, 5.74) is 4.87. The molecule has 0 bridgehead atoms. The zero-order chi connectivity index (χ0) is 15.0. The number of hydrogen-bond donors (Lipinski definition) is 1. The molecule has 3 heteroatoms. The van der Waals surface area contributed by atoms with Crippen LogP contribution >= 0.6 is 0 Å². The number of carbonyl (C=O) groups excluding carboxylic acids is 1. The van der Waals surface area contributed by atoms with E-state index in [0.717, 1.165) is 22.2 Å². The Kier molecular flexibility index (Phi) is 3.26. The van der Waals surface area contributed by atoms with Gasteiger partial charge in [-0.3, -0.25) is 4.79 Å². The Hall–Kier alpha value is -2.55. The summed E-state index contributed by atoms with van der Waals surface area (Å²) in [5.74, 6) is -0.0862. The monoisotopic (exact) mass is 278 g/mol. The predicted octanol–water partition coefficient (Wildman–Crippen LogP) is 4.05. The SMILES string of the molecule is Cc1cccc(NC(=O)c2cc3cc(C)ccc3n2C)c1. The standard InChI is InChI=1S/C18H18N2O/c1-12-5-4-6-15(10-12)19-18(21)17-11-14-9-13(2)7-8-16(14)20(17)3/h4-11H,1-3H3,(H,19,21). The minimum atomic E-state index is -0.0862. The zero-order valence-electron chi connectivity index (χ0n) is 12.5. The minimum absolute atomic E-state index is 0.0862. The highest BCUT2D eigenvalue weighted by Crippen LogP contribution is 2.21. The molecule has 0 saturated heterocycles. The summed E-state index contributed by atoms with van der Waals surface area (Å²) in [5, 5.41) is 4.05. The van der Waals surface area contributed by atoms with E-state index in [1.807, 2.05) is 54.9 Å². The molecule has 3 aromatic rings. The maximum Gasteiger partial charge on any atom is 0.272 e. The summed E-state index contributed by atoms with van der Waals surface area (Å²) in [7, 11) is 1.92. The van der Waals surface area contributed by atoms with Gasteiger partial charge < -0.3 is 9.88 Å². The van der Waals surface area contributed by atoms with Crippen LogP contribution in [0.25, 0.3) is 10.9 Å². The smallest absolute Gasteiger partial charge is 0.272 e. The zero-order valence-corrected chi connectivity index (χ0v) is 12.5. The number of fused-ring (bicyclic) bond motifs is 1. The van der Waals surface area contributed by atoms with Gasteiger partial charge in [0.2, 0.25) is 0 Å². The first-order chi connectivity index (χ1) is 10.0. The number of nitrogens with one attached hydrogen (secondary N) is 1. The summed E-state index contributed by atoms with van der Waals surface area (Å²) in [6.07, 6.45) is 0. The summed E-state index contributed by atoms with van der Waals surface area (Å²) in [6, 6.07) is 16.0. The molecule has 0 radical (unpaired) electrons. The third-order valence-electron chi connectivity index (χ3n) is 3.71. The molecule has 0 spiro atoms. The normalized spacial score (nSPS) is 10.8. The van der Waals surface area contributed by atoms with Gasteiger partial charge in [-0.15, -0.1) is 0 Å². The maximum absolute atomic E-state index is 12.5. The second-order valence-electron chi connectivity index (χ2n) is 5.47. The quantitative estimate of drug-likeness (QED) is 0.754. The van der Waals surface area contributed by atoms with Gasteiger partial charge in [0, 0.05) is 23.6 Å². The van der Waals surface area contributed by atoms with Crippen LogP contribution in [0.2, 0.25) is 0 Å². The Morgan fingerprint density at radius 1 is 1.00 bits per heavy atom. The van der Waals surface area contributed by atoms with Crippen molar-refractivity contribution in [1.29, 1.82) is 0 Å². The number of rotatable bonds is 2. The highest BCUT2D eigenvalue weighted by Gasteiger charge is 2.13. The number of benzene rings is 2. The van der Waals surface area contributed by atoms with Crippen LogP contribution in [0.4, 0.5) is 5.69 Å². The van der Waals surface area contributed by atoms with E-state index in [9.17, 15) is 4.79 Å². The third-order valence-corrected chi connectivity index (χ3v) is 3.71. The van der Waals surface area contributed by atoms with Crippen molar-refractivity contribution in [3.63, 3.8) is 0 Å². The fraction of sp³-hybridized carbons (Fsp3) is 0.167. The number of aryl methyl sites for hydroxylation is 3. The first-order valence-corrected chi connectivity index (χ1v) is 6.99. The van der Waals surface area contributed by atoms with Crippen molar-refractivity contribution in [1.82, 2.24) is 4.57 Å². The molecule has 0 fully saturated rings. The van der Waals surface area contributed by atoms with E-state index >= 15 is 0 Å². The van der Waals surface area contributed by atoms with E-state index in [0.29, 0.717) is 5.69 Å². The van der Waals surface area contributed by atoms with E-state index in [-0.39, 0.29) is 5.91 Å². The van der Waals surface area contributed by atoms with E-state index in [4.69, 9.17) is 0 Å². The second kappa shape index (κ2) is 5.09. The lowest BCUT2D eigenvalue weighted by Crippen LogP contribution is -2.15. The molecule has 1 aromatic heterocycles. The number of anilines is 1. The number of nitrogens with zero attached hydrogens (tertiary/aromatic N) is 1.